The monoisotopic (exact) mass is 535 g/mol. The lowest BCUT2D eigenvalue weighted by Crippen LogP contribution is -2.51. The molecule has 0 saturated carbocycles. The van der Waals surface area contributed by atoms with Gasteiger partial charge in [-0.2, -0.15) is 0 Å². The molecule has 6 nitrogen and oxygen atoms in total. The summed E-state index contributed by atoms with van der Waals surface area (Å²) in [5.41, 5.74) is -0.932. The van der Waals surface area contributed by atoms with Crippen LogP contribution in [0.1, 0.15) is 32.4 Å². The van der Waals surface area contributed by atoms with Crippen molar-refractivity contribution in [3.05, 3.63) is 99.0 Å². The second-order valence-corrected chi connectivity index (χ2v) is 9.81. The summed E-state index contributed by atoms with van der Waals surface area (Å²) in [6.45, 7) is 0. The zero-order chi connectivity index (χ0) is 23.8. The second-order valence-electron chi connectivity index (χ2n) is 8.49. The van der Waals surface area contributed by atoms with Gasteiger partial charge in [-0.3, -0.25) is 19.2 Å². The first-order valence-corrected chi connectivity index (χ1v) is 11.8. The normalized spacial score (nSPS) is 24.8. The molecule has 1 spiro atoms. The Balaban J connectivity index is 1.56. The van der Waals surface area contributed by atoms with Crippen LogP contribution in [0.15, 0.2) is 77.3 Å². The van der Waals surface area contributed by atoms with E-state index in [4.69, 9.17) is 16.3 Å². The van der Waals surface area contributed by atoms with Gasteiger partial charge < -0.3 is 4.74 Å². The van der Waals surface area contributed by atoms with E-state index >= 15 is 0 Å². The largest absolute Gasteiger partial charge is 0.349 e. The minimum atomic E-state index is -2.12. The first-order chi connectivity index (χ1) is 16.4. The number of ether oxygens (including phenoxy) is 1. The molecule has 3 aromatic rings. The highest BCUT2D eigenvalue weighted by atomic mass is 79.9. The minimum absolute atomic E-state index is 0.188. The number of fused-ring (bicyclic) bond motifs is 3. The number of hydrogen-bond acceptors (Lipinski definition) is 5. The van der Waals surface area contributed by atoms with E-state index in [1.165, 1.54) is 0 Å². The van der Waals surface area contributed by atoms with Crippen LogP contribution in [0.3, 0.4) is 0 Å². The summed E-state index contributed by atoms with van der Waals surface area (Å²) in [6.07, 6.45) is -1.04. The van der Waals surface area contributed by atoms with Gasteiger partial charge in [-0.15, -0.1) is 0 Å². The summed E-state index contributed by atoms with van der Waals surface area (Å²) in [5.74, 6) is -4.76. The van der Waals surface area contributed by atoms with E-state index in [1.54, 1.807) is 72.8 Å². The molecule has 1 aliphatic carbocycles. The van der Waals surface area contributed by atoms with Gasteiger partial charge in [0.25, 0.3) is 0 Å². The van der Waals surface area contributed by atoms with Crippen LogP contribution < -0.4 is 4.90 Å². The molecule has 2 saturated heterocycles. The molecule has 8 heteroatoms. The topological polar surface area (TPSA) is 80.8 Å². The number of imide groups is 1. The lowest BCUT2D eigenvalue weighted by Gasteiger charge is -2.27. The van der Waals surface area contributed by atoms with Crippen molar-refractivity contribution >= 4 is 56.6 Å². The molecule has 0 radical (unpaired) electrons. The molecule has 0 aromatic heterocycles. The van der Waals surface area contributed by atoms with Crippen molar-refractivity contribution in [3.8, 4) is 0 Å². The van der Waals surface area contributed by atoms with Crippen LogP contribution in [0.5, 0.6) is 0 Å². The number of carbonyl (C=O) groups excluding carboxylic acids is 4. The van der Waals surface area contributed by atoms with Crippen molar-refractivity contribution in [2.45, 2.75) is 11.7 Å². The maximum absolute atomic E-state index is 13.8. The lowest BCUT2D eigenvalue weighted by atomic mass is 9.77. The van der Waals surface area contributed by atoms with E-state index in [0.717, 1.165) is 9.37 Å². The van der Waals surface area contributed by atoms with E-state index in [0.29, 0.717) is 16.3 Å². The zero-order valence-electron chi connectivity index (χ0n) is 17.4. The maximum atomic E-state index is 13.8. The second kappa shape index (κ2) is 7.43. The van der Waals surface area contributed by atoms with Crippen molar-refractivity contribution < 1.29 is 23.9 Å². The van der Waals surface area contributed by atoms with Gasteiger partial charge in [0.15, 0.2) is 0 Å². The lowest BCUT2D eigenvalue weighted by molar-refractivity contribution is -0.127. The summed E-state index contributed by atoms with van der Waals surface area (Å²) in [6, 6.07) is 19.8. The van der Waals surface area contributed by atoms with Gasteiger partial charge in [-0.1, -0.05) is 70.0 Å². The Kier molecular flexibility index (Phi) is 4.68. The fraction of sp³-hybridized carbons (Fsp3) is 0.154. The van der Waals surface area contributed by atoms with Gasteiger partial charge in [0.2, 0.25) is 29.0 Å². The molecule has 0 N–H and O–H groups in total. The Labute approximate surface area is 207 Å². The van der Waals surface area contributed by atoms with E-state index in [2.05, 4.69) is 15.9 Å². The Hall–Kier alpha value is -3.13. The smallest absolute Gasteiger partial charge is 0.241 e. The number of carbonyl (C=O) groups is 4. The minimum Gasteiger partial charge on any atom is -0.349 e. The summed E-state index contributed by atoms with van der Waals surface area (Å²) < 4.78 is 7.01. The fourth-order valence-corrected chi connectivity index (χ4v) is 5.86. The van der Waals surface area contributed by atoms with Gasteiger partial charge in [-0.25, -0.2) is 4.90 Å². The van der Waals surface area contributed by atoms with Gasteiger partial charge in [0.1, 0.15) is 0 Å². The van der Waals surface area contributed by atoms with Crippen LogP contribution in [0.4, 0.5) is 5.69 Å². The molecule has 0 unspecified atom stereocenters. The van der Waals surface area contributed by atoms with E-state index in [9.17, 15) is 19.2 Å². The van der Waals surface area contributed by atoms with Crippen molar-refractivity contribution in [2.24, 2.45) is 11.8 Å². The molecule has 2 amide bonds. The van der Waals surface area contributed by atoms with Crippen LogP contribution >= 0.6 is 27.5 Å². The average molecular weight is 537 g/mol. The van der Waals surface area contributed by atoms with Crippen LogP contribution in [0.25, 0.3) is 0 Å². The number of amides is 2. The summed E-state index contributed by atoms with van der Waals surface area (Å²) in [5, 5.41) is 0.320. The first-order valence-electron chi connectivity index (χ1n) is 10.6. The number of anilines is 1. The van der Waals surface area contributed by atoms with E-state index < -0.39 is 46.9 Å². The molecule has 0 bridgehead atoms. The summed E-state index contributed by atoms with van der Waals surface area (Å²) in [4.78, 5) is 56.0. The predicted molar refractivity (Wildman–Crippen MR) is 127 cm³/mol. The quantitative estimate of drug-likeness (QED) is 0.347. The van der Waals surface area contributed by atoms with Crippen LogP contribution in [-0.2, 0) is 14.3 Å². The molecule has 34 heavy (non-hydrogen) atoms. The third-order valence-corrected chi connectivity index (χ3v) is 7.69. The fourth-order valence-electron chi connectivity index (χ4n) is 5.35. The number of halogens is 2. The van der Waals surface area contributed by atoms with E-state index in [-0.39, 0.29) is 11.1 Å². The Bertz CT molecular complexity index is 1380. The Morgan fingerprint density at radius 2 is 1.38 bits per heavy atom. The average Bonchev–Trinajstić information content (AvgIpc) is 3.40. The summed E-state index contributed by atoms with van der Waals surface area (Å²) >= 11 is 9.79. The molecular formula is C26H15BrClNO5. The first kappa shape index (κ1) is 21.4. The number of ketones is 2. The number of benzene rings is 3. The molecule has 2 heterocycles. The maximum Gasteiger partial charge on any atom is 0.241 e. The van der Waals surface area contributed by atoms with Crippen molar-refractivity contribution in [1.29, 1.82) is 0 Å². The van der Waals surface area contributed by atoms with Gasteiger partial charge in [-0.05, 0) is 30.3 Å². The van der Waals surface area contributed by atoms with Crippen molar-refractivity contribution in [1.82, 2.24) is 0 Å². The standard InChI is InChI=1S/C26H15BrClNO5/c27-13-9-11-14(12-10-13)29-24(32)19-20(25(29)33)26(34-21(19)17-7-3-4-8-18(17)28)22(30)15-5-1-2-6-16(15)23(26)31/h1-12,19-21H/t19-,20+,21+/m0/s1. The molecule has 3 atom stereocenters. The Morgan fingerprint density at radius 1 is 0.794 bits per heavy atom. The van der Waals surface area contributed by atoms with Crippen LogP contribution in [-0.4, -0.2) is 29.0 Å². The number of hydrogen-bond donors (Lipinski definition) is 0. The molecule has 6 rings (SSSR count). The van der Waals surface area contributed by atoms with Gasteiger partial charge in [0.05, 0.1) is 23.6 Å². The molecule has 3 aromatic carbocycles. The molecule has 2 fully saturated rings. The van der Waals surface area contributed by atoms with Crippen molar-refractivity contribution in [3.63, 3.8) is 0 Å². The zero-order valence-corrected chi connectivity index (χ0v) is 19.7. The molecule has 3 aliphatic rings. The van der Waals surface area contributed by atoms with Crippen LogP contribution in [0.2, 0.25) is 5.02 Å². The number of nitrogens with zero attached hydrogens (tertiary/aromatic N) is 1. The highest BCUT2D eigenvalue weighted by Gasteiger charge is 2.74. The highest BCUT2D eigenvalue weighted by molar-refractivity contribution is 9.10. The third-order valence-electron chi connectivity index (χ3n) is 6.82. The van der Waals surface area contributed by atoms with Gasteiger partial charge >= 0.3 is 0 Å². The number of Topliss-reactive ketones (excluding diaryl/α,β-unsaturated/α-hetero) is 2. The van der Waals surface area contributed by atoms with Crippen molar-refractivity contribution in [2.75, 3.05) is 4.90 Å². The molecular weight excluding hydrogens is 522 g/mol. The molecule has 168 valence electrons. The van der Waals surface area contributed by atoms with Gasteiger partial charge in [0, 0.05) is 26.2 Å². The Morgan fingerprint density at radius 3 is 2.00 bits per heavy atom. The summed E-state index contributed by atoms with van der Waals surface area (Å²) in [7, 11) is 0. The SMILES string of the molecule is O=C1[C@@H]2[C@@H](c3ccccc3Cl)OC3(C(=O)c4ccccc4C3=O)[C@H]2C(=O)N1c1ccc(Br)cc1. The third kappa shape index (κ3) is 2.66. The predicted octanol–water partition coefficient (Wildman–Crippen LogP) is 4.80. The van der Waals surface area contributed by atoms with E-state index in [1.807, 2.05) is 0 Å². The molecule has 2 aliphatic heterocycles. The van der Waals surface area contributed by atoms with Crippen LogP contribution in [0, 0.1) is 11.8 Å². The highest BCUT2D eigenvalue weighted by Crippen LogP contribution is 2.58. The number of rotatable bonds is 2.